The fraction of sp³-hybridized carbons (Fsp3) is 0.500. The highest BCUT2D eigenvalue weighted by Gasteiger charge is 2.44. The Balaban J connectivity index is 2.40. The van der Waals surface area contributed by atoms with Crippen LogP contribution in [0.3, 0.4) is 0 Å². The van der Waals surface area contributed by atoms with Gasteiger partial charge in [-0.2, -0.15) is 26.3 Å². The number of esters is 1. The summed E-state index contributed by atoms with van der Waals surface area (Å²) in [6.45, 7) is -0.125. The van der Waals surface area contributed by atoms with Gasteiger partial charge >= 0.3 is 18.3 Å². The minimum atomic E-state index is -4.72. The second kappa shape index (κ2) is 7.16. The van der Waals surface area contributed by atoms with Crippen LogP contribution in [0, 0.1) is 0 Å². The largest absolute Gasteiger partial charge is 0.466 e. The smallest absolute Gasteiger partial charge is 0.406 e. The van der Waals surface area contributed by atoms with E-state index < -0.39 is 49.7 Å². The van der Waals surface area contributed by atoms with Gasteiger partial charge in [-0.15, -0.1) is 0 Å². The first-order valence-electron chi connectivity index (χ1n) is 7.64. The summed E-state index contributed by atoms with van der Waals surface area (Å²) < 4.78 is 80.9. The number of rotatable bonds is 5. The highest BCUT2D eigenvalue weighted by molar-refractivity contribution is 5.99. The molecule has 1 aromatic rings. The molecule has 144 valence electrons. The molecule has 1 aromatic carbocycles. The predicted molar refractivity (Wildman–Crippen MR) is 77.3 cm³/mol. The molecule has 1 heterocycles. The minimum Gasteiger partial charge on any atom is -0.466 e. The maximum Gasteiger partial charge on any atom is 0.406 e. The molecule has 0 radical (unpaired) electrons. The van der Waals surface area contributed by atoms with E-state index in [0.29, 0.717) is 4.90 Å². The van der Waals surface area contributed by atoms with Crippen molar-refractivity contribution in [1.29, 1.82) is 0 Å². The third kappa shape index (κ3) is 4.89. The van der Waals surface area contributed by atoms with Crippen LogP contribution in [0.15, 0.2) is 18.2 Å². The van der Waals surface area contributed by atoms with Crippen LogP contribution in [-0.4, -0.2) is 42.3 Å². The van der Waals surface area contributed by atoms with Gasteiger partial charge in [-0.3, -0.25) is 9.59 Å². The number of carbonyl (C=O) groups is 2. The van der Waals surface area contributed by atoms with Crippen molar-refractivity contribution in [2.75, 3.05) is 13.2 Å². The zero-order chi connectivity index (χ0) is 19.7. The summed E-state index contributed by atoms with van der Waals surface area (Å²) in [4.78, 5) is 24.4. The maximum absolute atomic E-state index is 12.8. The van der Waals surface area contributed by atoms with Crippen LogP contribution in [0.4, 0.5) is 26.3 Å². The fourth-order valence-electron chi connectivity index (χ4n) is 2.86. The standard InChI is InChI=1S/C16H15F6NO3/c1-2-26-13(24)6-12-11-5-9(7-15(17,18)19)3-4-10(11)14(25)23(12)8-16(20,21)22/h3-5,12H,2,6-8H2,1H3. The average Bonchev–Trinajstić information content (AvgIpc) is 2.69. The molecule has 2 rings (SSSR count). The molecule has 1 aliphatic heterocycles. The minimum absolute atomic E-state index is 0.0141. The first kappa shape index (κ1) is 20.1. The lowest BCUT2D eigenvalue weighted by Crippen LogP contribution is -2.37. The topological polar surface area (TPSA) is 46.6 Å². The lowest BCUT2D eigenvalue weighted by atomic mass is 9.98. The summed E-state index contributed by atoms with van der Waals surface area (Å²) in [5.41, 5.74) is -0.379. The number of ether oxygens (including phenoxy) is 1. The van der Waals surface area contributed by atoms with Crippen molar-refractivity contribution in [3.05, 3.63) is 34.9 Å². The Labute approximate surface area is 144 Å². The van der Waals surface area contributed by atoms with Gasteiger partial charge in [0.1, 0.15) is 6.54 Å². The predicted octanol–water partition coefficient (Wildman–Crippen LogP) is 3.80. The van der Waals surface area contributed by atoms with Gasteiger partial charge in [0.25, 0.3) is 5.91 Å². The fourth-order valence-corrected chi connectivity index (χ4v) is 2.86. The number of halogens is 6. The third-order valence-electron chi connectivity index (χ3n) is 3.76. The molecule has 4 nitrogen and oxygen atoms in total. The van der Waals surface area contributed by atoms with E-state index in [1.54, 1.807) is 0 Å². The van der Waals surface area contributed by atoms with Crippen LogP contribution in [0.5, 0.6) is 0 Å². The quantitative estimate of drug-likeness (QED) is 0.574. The first-order valence-corrected chi connectivity index (χ1v) is 7.64. The van der Waals surface area contributed by atoms with Crippen LogP contribution in [0.1, 0.15) is 40.9 Å². The van der Waals surface area contributed by atoms with Gasteiger partial charge in [0.15, 0.2) is 0 Å². The van der Waals surface area contributed by atoms with E-state index in [-0.39, 0.29) is 23.3 Å². The number of fused-ring (bicyclic) bond motifs is 1. The molecule has 0 bridgehead atoms. The van der Waals surface area contributed by atoms with E-state index in [1.807, 2.05) is 0 Å². The summed E-state index contributed by atoms with van der Waals surface area (Å²) in [7, 11) is 0. The number of benzene rings is 1. The number of alkyl halides is 6. The van der Waals surface area contributed by atoms with Crippen molar-refractivity contribution < 1.29 is 40.7 Å². The Kier molecular flexibility index (Phi) is 5.52. The molecule has 1 aliphatic rings. The third-order valence-corrected chi connectivity index (χ3v) is 3.76. The van der Waals surface area contributed by atoms with Crippen molar-refractivity contribution in [3.63, 3.8) is 0 Å². The zero-order valence-corrected chi connectivity index (χ0v) is 13.6. The monoisotopic (exact) mass is 383 g/mol. The summed E-state index contributed by atoms with van der Waals surface area (Å²) >= 11 is 0. The number of hydrogen-bond acceptors (Lipinski definition) is 3. The molecule has 0 N–H and O–H groups in total. The molecule has 0 saturated heterocycles. The molecule has 0 aliphatic carbocycles. The summed E-state index contributed by atoms with van der Waals surface area (Å²) in [6.07, 6.45) is -11.1. The molecule has 0 aromatic heterocycles. The van der Waals surface area contributed by atoms with E-state index in [1.165, 1.54) is 6.92 Å². The van der Waals surface area contributed by atoms with E-state index in [0.717, 1.165) is 18.2 Å². The Morgan fingerprint density at radius 2 is 1.81 bits per heavy atom. The van der Waals surface area contributed by atoms with Crippen LogP contribution < -0.4 is 0 Å². The van der Waals surface area contributed by atoms with Gasteiger partial charge in [0.05, 0.1) is 25.5 Å². The van der Waals surface area contributed by atoms with Crippen LogP contribution in [-0.2, 0) is 16.0 Å². The van der Waals surface area contributed by atoms with Crippen molar-refractivity contribution in [2.24, 2.45) is 0 Å². The van der Waals surface area contributed by atoms with Gasteiger partial charge in [0.2, 0.25) is 0 Å². The number of carbonyl (C=O) groups excluding carboxylic acids is 2. The molecule has 10 heteroatoms. The summed E-state index contributed by atoms with van der Waals surface area (Å²) in [5, 5.41) is 0. The molecular weight excluding hydrogens is 368 g/mol. The van der Waals surface area contributed by atoms with Crippen LogP contribution >= 0.6 is 0 Å². The van der Waals surface area contributed by atoms with Crippen molar-refractivity contribution in [1.82, 2.24) is 4.90 Å². The van der Waals surface area contributed by atoms with Crippen LogP contribution in [0.2, 0.25) is 0 Å². The number of nitrogens with zero attached hydrogens (tertiary/aromatic N) is 1. The van der Waals surface area contributed by atoms with Gasteiger partial charge in [-0.05, 0) is 24.1 Å². The van der Waals surface area contributed by atoms with Crippen LogP contribution in [0.25, 0.3) is 0 Å². The zero-order valence-electron chi connectivity index (χ0n) is 13.6. The number of hydrogen-bond donors (Lipinski definition) is 0. The first-order chi connectivity index (χ1) is 11.9. The Morgan fingerprint density at radius 1 is 1.15 bits per heavy atom. The van der Waals surface area contributed by atoms with E-state index in [4.69, 9.17) is 4.74 Å². The van der Waals surface area contributed by atoms with E-state index in [2.05, 4.69) is 0 Å². The highest BCUT2D eigenvalue weighted by atomic mass is 19.4. The molecule has 0 spiro atoms. The van der Waals surface area contributed by atoms with E-state index >= 15 is 0 Å². The molecular formula is C16H15F6NO3. The molecule has 1 amide bonds. The van der Waals surface area contributed by atoms with E-state index in [9.17, 15) is 35.9 Å². The van der Waals surface area contributed by atoms with Gasteiger partial charge in [-0.25, -0.2) is 0 Å². The summed E-state index contributed by atoms with van der Waals surface area (Å²) in [5.74, 6) is -1.82. The second-order valence-electron chi connectivity index (χ2n) is 5.79. The molecule has 26 heavy (non-hydrogen) atoms. The molecule has 0 saturated carbocycles. The van der Waals surface area contributed by atoms with Gasteiger partial charge in [-0.1, -0.05) is 12.1 Å². The Morgan fingerprint density at radius 3 is 2.35 bits per heavy atom. The lowest BCUT2D eigenvalue weighted by Gasteiger charge is -2.25. The average molecular weight is 383 g/mol. The summed E-state index contributed by atoms with van der Waals surface area (Å²) in [6, 6.07) is 1.81. The highest BCUT2D eigenvalue weighted by Crippen LogP contribution is 2.39. The molecule has 1 atom stereocenters. The van der Waals surface area contributed by atoms with Crippen molar-refractivity contribution in [2.45, 2.75) is 38.2 Å². The number of amides is 1. The van der Waals surface area contributed by atoms with Crippen molar-refractivity contribution in [3.8, 4) is 0 Å². The molecule has 0 fully saturated rings. The normalized spacial score (nSPS) is 17.4. The molecule has 1 unspecified atom stereocenters. The van der Waals surface area contributed by atoms with Gasteiger partial charge in [0, 0.05) is 5.56 Å². The van der Waals surface area contributed by atoms with Gasteiger partial charge < -0.3 is 9.64 Å². The Bertz CT molecular complexity index is 698. The maximum atomic E-state index is 12.8. The Hall–Kier alpha value is -2.26. The SMILES string of the molecule is CCOC(=O)CC1c2cc(CC(F)(F)F)ccc2C(=O)N1CC(F)(F)F. The van der Waals surface area contributed by atoms with Crippen molar-refractivity contribution >= 4 is 11.9 Å². The second-order valence-corrected chi connectivity index (χ2v) is 5.79. The lowest BCUT2D eigenvalue weighted by molar-refractivity contribution is -0.152.